The SMILES string of the molecule is CC(C)(C)OC(=O)N1CCCC(NC(=O)c2cc(I)c(F)cc2F)C1. The number of rotatable bonds is 2. The molecule has 0 saturated carbocycles. The van der Waals surface area contributed by atoms with Crippen LogP contribution in [0.3, 0.4) is 0 Å². The van der Waals surface area contributed by atoms with Crippen LogP contribution in [0.5, 0.6) is 0 Å². The van der Waals surface area contributed by atoms with Gasteiger partial charge in [0.05, 0.1) is 5.56 Å². The molecule has 0 aliphatic carbocycles. The van der Waals surface area contributed by atoms with Gasteiger partial charge in [-0.1, -0.05) is 0 Å². The third-order valence-corrected chi connectivity index (χ3v) is 4.49. The molecule has 25 heavy (non-hydrogen) atoms. The smallest absolute Gasteiger partial charge is 0.410 e. The van der Waals surface area contributed by atoms with Gasteiger partial charge in [0.1, 0.15) is 17.2 Å². The summed E-state index contributed by atoms with van der Waals surface area (Å²) in [5.41, 5.74) is -0.804. The lowest BCUT2D eigenvalue weighted by atomic mass is 10.1. The predicted octanol–water partition coefficient (Wildman–Crippen LogP) is 3.70. The Balaban J connectivity index is 2.02. The fraction of sp³-hybridized carbons (Fsp3) is 0.529. The second kappa shape index (κ2) is 7.84. The number of ether oxygens (including phenoxy) is 1. The maximum absolute atomic E-state index is 13.8. The fourth-order valence-electron chi connectivity index (χ4n) is 2.55. The summed E-state index contributed by atoms with van der Waals surface area (Å²) in [7, 11) is 0. The lowest BCUT2D eigenvalue weighted by molar-refractivity contribution is 0.0185. The summed E-state index contributed by atoms with van der Waals surface area (Å²) < 4.78 is 32.7. The van der Waals surface area contributed by atoms with Crippen LogP contribution in [0.2, 0.25) is 0 Å². The van der Waals surface area contributed by atoms with Crippen LogP contribution in [-0.2, 0) is 4.74 Å². The van der Waals surface area contributed by atoms with E-state index < -0.39 is 29.2 Å². The van der Waals surface area contributed by atoms with Crippen molar-refractivity contribution in [3.05, 3.63) is 32.9 Å². The number of amides is 2. The van der Waals surface area contributed by atoms with E-state index in [9.17, 15) is 18.4 Å². The lowest BCUT2D eigenvalue weighted by Crippen LogP contribution is -2.50. The number of carbonyl (C=O) groups excluding carboxylic acids is 2. The zero-order valence-electron chi connectivity index (χ0n) is 14.4. The molecule has 0 spiro atoms. The van der Waals surface area contributed by atoms with Gasteiger partial charge in [-0.2, -0.15) is 0 Å². The first-order valence-corrected chi connectivity index (χ1v) is 9.08. The second-order valence-corrected chi connectivity index (χ2v) is 8.15. The van der Waals surface area contributed by atoms with Crippen molar-refractivity contribution >= 4 is 34.6 Å². The zero-order valence-corrected chi connectivity index (χ0v) is 16.5. The van der Waals surface area contributed by atoms with Crippen molar-refractivity contribution in [3.8, 4) is 0 Å². The van der Waals surface area contributed by atoms with Crippen molar-refractivity contribution in [2.75, 3.05) is 13.1 Å². The Morgan fingerprint density at radius 3 is 2.60 bits per heavy atom. The van der Waals surface area contributed by atoms with Gasteiger partial charge in [0.25, 0.3) is 5.91 Å². The summed E-state index contributed by atoms with van der Waals surface area (Å²) in [6, 6.07) is 1.57. The fourth-order valence-corrected chi connectivity index (χ4v) is 3.01. The molecule has 0 radical (unpaired) electrons. The summed E-state index contributed by atoms with van der Waals surface area (Å²) in [6.07, 6.45) is 0.937. The highest BCUT2D eigenvalue weighted by Gasteiger charge is 2.29. The molecule has 1 aliphatic heterocycles. The zero-order chi connectivity index (χ0) is 18.8. The van der Waals surface area contributed by atoms with Crippen LogP contribution in [0.25, 0.3) is 0 Å². The molecule has 1 aliphatic rings. The minimum Gasteiger partial charge on any atom is -0.444 e. The van der Waals surface area contributed by atoms with E-state index in [4.69, 9.17) is 4.74 Å². The van der Waals surface area contributed by atoms with Crippen LogP contribution >= 0.6 is 22.6 Å². The highest BCUT2D eigenvalue weighted by Crippen LogP contribution is 2.19. The number of hydrogen-bond acceptors (Lipinski definition) is 3. The number of hydrogen-bond donors (Lipinski definition) is 1. The van der Waals surface area contributed by atoms with Gasteiger partial charge in [-0.05, 0) is 62.3 Å². The molecule has 1 N–H and O–H groups in total. The number of piperidine rings is 1. The van der Waals surface area contributed by atoms with Gasteiger partial charge in [-0.25, -0.2) is 13.6 Å². The molecule has 1 fully saturated rings. The van der Waals surface area contributed by atoms with Gasteiger partial charge in [0.15, 0.2) is 0 Å². The van der Waals surface area contributed by atoms with Gasteiger partial charge >= 0.3 is 6.09 Å². The average molecular weight is 466 g/mol. The number of likely N-dealkylation sites (tertiary alicyclic amines) is 1. The Bertz CT molecular complexity index is 677. The molecule has 1 heterocycles. The average Bonchev–Trinajstić information content (AvgIpc) is 2.49. The highest BCUT2D eigenvalue weighted by atomic mass is 127. The molecule has 2 amide bonds. The standard InChI is InChI=1S/C17H21F2IN2O3/c1-17(2,3)25-16(24)22-6-4-5-10(9-22)21-15(23)11-7-14(20)13(19)8-12(11)18/h7-8,10H,4-6,9H2,1-3H3,(H,21,23). The second-order valence-electron chi connectivity index (χ2n) is 6.99. The van der Waals surface area contributed by atoms with Gasteiger partial charge in [0, 0.05) is 28.8 Å². The van der Waals surface area contributed by atoms with Gasteiger partial charge in [-0.15, -0.1) is 0 Å². The Morgan fingerprint density at radius 1 is 1.28 bits per heavy atom. The summed E-state index contributed by atoms with van der Waals surface area (Å²) in [4.78, 5) is 26.0. The van der Waals surface area contributed by atoms with E-state index in [2.05, 4.69) is 5.32 Å². The normalized spacial score (nSPS) is 18.0. The van der Waals surface area contributed by atoms with Crippen molar-refractivity contribution in [3.63, 3.8) is 0 Å². The largest absolute Gasteiger partial charge is 0.444 e. The minimum atomic E-state index is -0.907. The third kappa shape index (κ3) is 5.52. The van der Waals surface area contributed by atoms with E-state index in [0.29, 0.717) is 32.0 Å². The van der Waals surface area contributed by atoms with Crippen LogP contribution in [0.1, 0.15) is 44.0 Å². The Kier molecular flexibility index (Phi) is 6.23. The molecule has 0 aromatic heterocycles. The molecule has 1 unspecified atom stereocenters. The molecule has 8 heteroatoms. The van der Waals surface area contributed by atoms with Crippen molar-refractivity contribution in [1.29, 1.82) is 0 Å². The van der Waals surface area contributed by atoms with Gasteiger partial charge in [0.2, 0.25) is 0 Å². The summed E-state index contributed by atoms with van der Waals surface area (Å²) in [5, 5.41) is 2.72. The number of nitrogens with one attached hydrogen (secondary N) is 1. The quantitative estimate of drug-likeness (QED) is 0.535. The molecule has 0 bridgehead atoms. The van der Waals surface area contributed by atoms with Crippen LogP contribution < -0.4 is 5.32 Å². The van der Waals surface area contributed by atoms with Crippen molar-refractivity contribution in [1.82, 2.24) is 10.2 Å². The van der Waals surface area contributed by atoms with Crippen LogP contribution in [0, 0.1) is 15.2 Å². The Labute approximate surface area is 159 Å². The number of halogens is 3. The van der Waals surface area contributed by atoms with E-state index in [1.54, 1.807) is 43.4 Å². The van der Waals surface area contributed by atoms with Crippen molar-refractivity contribution in [2.45, 2.75) is 45.3 Å². The first-order valence-electron chi connectivity index (χ1n) is 8.00. The maximum atomic E-state index is 13.8. The number of carbonyl (C=O) groups is 2. The first kappa shape index (κ1) is 19.9. The number of benzene rings is 1. The van der Waals surface area contributed by atoms with E-state index in [1.165, 1.54) is 11.0 Å². The summed E-state index contributed by atoms with van der Waals surface area (Å²) in [6.45, 7) is 6.19. The van der Waals surface area contributed by atoms with Gasteiger partial charge < -0.3 is 15.0 Å². The monoisotopic (exact) mass is 466 g/mol. The molecule has 138 valence electrons. The van der Waals surface area contributed by atoms with Crippen molar-refractivity contribution < 1.29 is 23.1 Å². The van der Waals surface area contributed by atoms with Crippen LogP contribution in [0.4, 0.5) is 13.6 Å². The third-order valence-electron chi connectivity index (χ3n) is 3.66. The predicted molar refractivity (Wildman–Crippen MR) is 97.4 cm³/mol. The molecule has 1 aromatic rings. The first-order chi connectivity index (χ1) is 11.6. The number of nitrogens with zero attached hydrogens (tertiary/aromatic N) is 1. The molecule has 1 saturated heterocycles. The van der Waals surface area contributed by atoms with Crippen LogP contribution in [0.15, 0.2) is 12.1 Å². The van der Waals surface area contributed by atoms with Crippen molar-refractivity contribution in [2.24, 2.45) is 0 Å². The van der Waals surface area contributed by atoms with E-state index in [1.807, 2.05) is 0 Å². The molecule has 5 nitrogen and oxygen atoms in total. The van der Waals surface area contributed by atoms with Gasteiger partial charge in [-0.3, -0.25) is 4.79 Å². The minimum absolute atomic E-state index is 0.170. The highest BCUT2D eigenvalue weighted by molar-refractivity contribution is 14.1. The Hall–Kier alpha value is -1.45. The Morgan fingerprint density at radius 2 is 1.96 bits per heavy atom. The molecule has 2 rings (SSSR count). The topological polar surface area (TPSA) is 58.6 Å². The van der Waals surface area contributed by atoms with Crippen LogP contribution in [-0.4, -0.2) is 41.6 Å². The molecular weight excluding hydrogens is 445 g/mol. The molecule has 1 atom stereocenters. The molecular formula is C17H21F2IN2O3. The summed E-state index contributed by atoms with van der Waals surface area (Å²) in [5.74, 6) is -2.23. The van der Waals surface area contributed by atoms with E-state index >= 15 is 0 Å². The summed E-state index contributed by atoms with van der Waals surface area (Å²) >= 11 is 1.70. The lowest BCUT2D eigenvalue weighted by Gasteiger charge is -2.34. The van der Waals surface area contributed by atoms with E-state index in [-0.39, 0.29) is 15.2 Å². The maximum Gasteiger partial charge on any atom is 0.410 e. The van der Waals surface area contributed by atoms with E-state index in [0.717, 1.165) is 0 Å². The molecule has 1 aromatic carbocycles.